The van der Waals surface area contributed by atoms with Gasteiger partial charge in [-0.15, -0.1) is 11.8 Å². The molecule has 1 heterocycles. The first-order valence-corrected chi connectivity index (χ1v) is 11.1. The van der Waals surface area contributed by atoms with Gasteiger partial charge in [0.25, 0.3) is 0 Å². The molecule has 0 spiro atoms. The number of rotatable bonds is 9. The van der Waals surface area contributed by atoms with E-state index in [1.54, 1.807) is 13.2 Å². The van der Waals surface area contributed by atoms with Gasteiger partial charge in [0.2, 0.25) is 5.91 Å². The molecule has 0 aliphatic carbocycles. The number of halogens is 1. The van der Waals surface area contributed by atoms with E-state index >= 15 is 0 Å². The molecule has 0 radical (unpaired) electrons. The van der Waals surface area contributed by atoms with E-state index in [0.717, 1.165) is 36.2 Å². The van der Waals surface area contributed by atoms with Crippen molar-refractivity contribution in [1.82, 2.24) is 10.2 Å². The number of morpholine rings is 1. The molecule has 2 aromatic rings. The van der Waals surface area contributed by atoms with Gasteiger partial charge in [-0.05, 0) is 36.8 Å². The number of amides is 1. The van der Waals surface area contributed by atoms with Crippen LogP contribution in [0.2, 0.25) is 0 Å². The number of carbonyl (C=O) groups excluding carboxylic acids is 2. The predicted octanol–water partition coefficient (Wildman–Crippen LogP) is 3.32. The average molecular weight is 447 g/mol. The van der Waals surface area contributed by atoms with Gasteiger partial charge in [0.15, 0.2) is 5.78 Å². The Morgan fingerprint density at radius 1 is 1.19 bits per heavy atom. The summed E-state index contributed by atoms with van der Waals surface area (Å²) in [4.78, 5) is 26.4. The third kappa shape index (κ3) is 6.53. The van der Waals surface area contributed by atoms with Crippen molar-refractivity contribution in [2.45, 2.75) is 17.9 Å². The number of ketones is 1. The Balaban J connectivity index is 1.59. The van der Waals surface area contributed by atoms with E-state index in [-0.39, 0.29) is 23.5 Å². The third-order valence-electron chi connectivity index (χ3n) is 5.18. The summed E-state index contributed by atoms with van der Waals surface area (Å²) in [6, 6.07) is 12.2. The van der Waals surface area contributed by atoms with Gasteiger partial charge in [0, 0.05) is 30.1 Å². The zero-order valence-electron chi connectivity index (χ0n) is 17.7. The number of hydrogen-bond donors (Lipinski definition) is 1. The molecule has 0 saturated carbocycles. The number of thioether (sulfide) groups is 1. The highest BCUT2D eigenvalue weighted by Gasteiger charge is 2.23. The number of carbonyl (C=O) groups is 2. The van der Waals surface area contributed by atoms with Gasteiger partial charge in [0.1, 0.15) is 11.6 Å². The van der Waals surface area contributed by atoms with Gasteiger partial charge in [-0.2, -0.15) is 0 Å². The van der Waals surface area contributed by atoms with Crippen LogP contribution in [0.4, 0.5) is 4.39 Å². The molecule has 1 aliphatic rings. The maximum absolute atomic E-state index is 14.2. The Morgan fingerprint density at radius 3 is 2.52 bits per heavy atom. The third-order valence-corrected chi connectivity index (χ3v) is 6.23. The molecule has 3 rings (SSSR count). The second kappa shape index (κ2) is 11.3. The SMILES string of the molecule is COc1ccc(C(CNC(=O)CSc2ccc(C(C)=O)cc2F)N2CCOCC2)cc1. The fourth-order valence-corrected chi connectivity index (χ4v) is 4.16. The maximum Gasteiger partial charge on any atom is 0.230 e. The molecule has 1 amide bonds. The number of benzene rings is 2. The van der Waals surface area contributed by atoms with Crippen molar-refractivity contribution in [1.29, 1.82) is 0 Å². The van der Waals surface area contributed by atoms with E-state index in [9.17, 15) is 14.0 Å². The van der Waals surface area contributed by atoms with Crippen molar-refractivity contribution in [2.24, 2.45) is 0 Å². The van der Waals surface area contributed by atoms with Gasteiger partial charge in [-0.1, -0.05) is 18.2 Å². The van der Waals surface area contributed by atoms with Gasteiger partial charge in [-0.25, -0.2) is 4.39 Å². The van der Waals surface area contributed by atoms with E-state index in [4.69, 9.17) is 9.47 Å². The molecule has 1 saturated heterocycles. The van der Waals surface area contributed by atoms with Gasteiger partial charge in [-0.3, -0.25) is 14.5 Å². The summed E-state index contributed by atoms with van der Waals surface area (Å²) in [5.41, 5.74) is 1.40. The predicted molar refractivity (Wildman–Crippen MR) is 118 cm³/mol. The standard InChI is InChI=1S/C23H27FN2O4S/c1-16(27)18-5-8-22(20(24)13-18)31-15-23(28)25-14-21(26-9-11-30-12-10-26)17-3-6-19(29-2)7-4-17/h3-8,13,21H,9-12,14-15H2,1-2H3,(H,25,28). The largest absolute Gasteiger partial charge is 0.497 e. The minimum Gasteiger partial charge on any atom is -0.497 e. The van der Waals surface area contributed by atoms with Gasteiger partial charge < -0.3 is 14.8 Å². The molecule has 6 nitrogen and oxygen atoms in total. The molecule has 8 heteroatoms. The average Bonchev–Trinajstić information content (AvgIpc) is 2.79. The lowest BCUT2D eigenvalue weighted by Gasteiger charge is -2.35. The number of ether oxygens (including phenoxy) is 2. The summed E-state index contributed by atoms with van der Waals surface area (Å²) in [7, 11) is 1.63. The van der Waals surface area contributed by atoms with Crippen LogP contribution in [0.5, 0.6) is 5.75 Å². The van der Waals surface area contributed by atoms with Crippen LogP contribution >= 0.6 is 11.8 Å². The number of nitrogens with one attached hydrogen (secondary N) is 1. The minimum atomic E-state index is -0.491. The number of hydrogen-bond acceptors (Lipinski definition) is 6. The minimum absolute atomic E-state index is 0.00958. The Kier molecular flexibility index (Phi) is 8.45. The second-order valence-electron chi connectivity index (χ2n) is 7.23. The lowest BCUT2D eigenvalue weighted by atomic mass is 10.0. The summed E-state index contributed by atoms with van der Waals surface area (Å²) in [6.45, 7) is 4.72. The molecule has 1 N–H and O–H groups in total. The van der Waals surface area contributed by atoms with E-state index in [0.29, 0.717) is 30.2 Å². The molecule has 0 aromatic heterocycles. The summed E-state index contributed by atoms with van der Waals surface area (Å²) in [5.74, 6) is 0.0137. The second-order valence-corrected chi connectivity index (χ2v) is 8.25. The van der Waals surface area contributed by atoms with Crippen molar-refractivity contribution in [2.75, 3.05) is 45.7 Å². The first-order valence-electron chi connectivity index (χ1n) is 10.1. The van der Waals surface area contributed by atoms with Crippen molar-refractivity contribution in [3.63, 3.8) is 0 Å². The first kappa shape index (κ1) is 23.2. The highest BCUT2D eigenvalue weighted by molar-refractivity contribution is 8.00. The zero-order chi connectivity index (χ0) is 22.2. The summed E-state index contributed by atoms with van der Waals surface area (Å²) in [6.07, 6.45) is 0. The van der Waals surface area contributed by atoms with Crippen LogP contribution in [-0.4, -0.2) is 62.3 Å². The lowest BCUT2D eigenvalue weighted by Crippen LogP contribution is -2.44. The van der Waals surface area contributed by atoms with Crippen LogP contribution in [-0.2, 0) is 9.53 Å². The highest BCUT2D eigenvalue weighted by Crippen LogP contribution is 2.25. The number of methoxy groups -OCH3 is 1. The summed E-state index contributed by atoms with van der Waals surface area (Å²) < 4.78 is 24.9. The maximum atomic E-state index is 14.2. The molecule has 1 atom stereocenters. The van der Waals surface area contributed by atoms with Crippen LogP contribution in [0, 0.1) is 5.82 Å². The number of Topliss-reactive ketones (excluding diaryl/α,β-unsaturated/α-hetero) is 1. The Morgan fingerprint density at radius 2 is 1.90 bits per heavy atom. The number of nitrogens with zero attached hydrogens (tertiary/aromatic N) is 1. The van der Waals surface area contributed by atoms with Crippen LogP contribution in [0.15, 0.2) is 47.4 Å². The van der Waals surface area contributed by atoms with Crippen LogP contribution in [0.3, 0.4) is 0 Å². The molecule has 0 bridgehead atoms. The lowest BCUT2D eigenvalue weighted by molar-refractivity contribution is -0.118. The zero-order valence-corrected chi connectivity index (χ0v) is 18.5. The summed E-state index contributed by atoms with van der Waals surface area (Å²) in [5, 5.41) is 2.98. The monoisotopic (exact) mass is 446 g/mol. The molecule has 2 aromatic carbocycles. The fraction of sp³-hybridized carbons (Fsp3) is 0.391. The molecule has 1 aliphatic heterocycles. The first-order chi connectivity index (χ1) is 15.0. The highest BCUT2D eigenvalue weighted by atomic mass is 32.2. The normalized spacial score (nSPS) is 15.3. The quantitative estimate of drug-likeness (QED) is 0.471. The van der Waals surface area contributed by atoms with E-state index in [1.807, 2.05) is 24.3 Å². The molecular weight excluding hydrogens is 419 g/mol. The van der Waals surface area contributed by atoms with Crippen molar-refractivity contribution in [3.05, 3.63) is 59.4 Å². The van der Waals surface area contributed by atoms with E-state index in [1.165, 1.54) is 19.1 Å². The summed E-state index contributed by atoms with van der Waals surface area (Å²) >= 11 is 1.12. The Labute approximate surface area is 186 Å². The smallest absolute Gasteiger partial charge is 0.230 e. The Hall–Kier alpha value is -2.42. The van der Waals surface area contributed by atoms with E-state index < -0.39 is 5.82 Å². The van der Waals surface area contributed by atoms with Crippen molar-refractivity contribution in [3.8, 4) is 5.75 Å². The van der Waals surface area contributed by atoms with Crippen molar-refractivity contribution < 1.29 is 23.5 Å². The molecular formula is C23H27FN2O4S. The topological polar surface area (TPSA) is 67.9 Å². The van der Waals surface area contributed by atoms with Gasteiger partial charge >= 0.3 is 0 Å². The van der Waals surface area contributed by atoms with Gasteiger partial charge in [0.05, 0.1) is 32.1 Å². The molecule has 1 unspecified atom stereocenters. The van der Waals surface area contributed by atoms with Crippen LogP contribution in [0.1, 0.15) is 28.9 Å². The molecule has 31 heavy (non-hydrogen) atoms. The Bertz CT molecular complexity index is 901. The fourth-order valence-electron chi connectivity index (χ4n) is 3.41. The molecule has 166 valence electrons. The van der Waals surface area contributed by atoms with Crippen LogP contribution in [0.25, 0.3) is 0 Å². The van der Waals surface area contributed by atoms with Crippen LogP contribution < -0.4 is 10.1 Å². The van der Waals surface area contributed by atoms with Crippen molar-refractivity contribution >= 4 is 23.5 Å². The van der Waals surface area contributed by atoms with E-state index in [2.05, 4.69) is 10.2 Å². The molecule has 1 fully saturated rings.